The zero-order chi connectivity index (χ0) is 11.1. The van der Waals surface area contributed by atoms with E-state index in [1.165, 1.54) is 38.5 Å². The second-order valence-corrected chi connectivity index (χ2v) is 5.68. The van der Waals surface area contributed by atoms with Crippen LogP contribution in [-0.2, 0) is 5.41 Å². The highest BCUT2D eigenvalue weighted by atomic mass is 15.0. The van der Waals surface area contributed by atoms with E-state index in [2.05, 4.69) is 42.7 Å². The highest BCUT2D eigenvalue weighted by molar-refractivity contribution is 5.29. The Morgan fingerprint density at radius 3 is 1.94 bits per heavy atom. The summed E-state index contributed by atoms with van der Waals surface area (Å²) >= 11 is 0. The molecular weight excluding hydrogens is 194 g/mol. The second kappa shape index (κ2) is 3.59. The number of hydrogen-bond acceptors (Lipinski definition) is 1. The van der Waals surface area contributed by atoms with Crippen molar-refractivity contribution in [1.29, 1.82) is 0 Å². The van der Waals surface area contributed by atoms with Gasteiger partial charge in [0, 0.05) is 5.54 Å². The van der Waals surface area contributed by atoms with E-state index in [-0.39, 0.29) is 0 Å². The summed E-state index contributed by atoms with van der Waals surface area (Å²) in [6.45, 7) is 0. The second-order valence-electron chi connectivity index (χ2n) is 5.68. The SMILES string of the molecule is CNC12CCC(c3ccccc3)(CC1)CC2. The van der Waals surface area contributed by atoms with Crippen molar-refractivity contribution in [3.63, 3.8) is 0 Å². The van der Waals surface area contributed by atoms with Crippen molar-refractivity contribution in [2.75, 3.05) is 7.05 Å². The van der Waals surface area contributed by atoms with E-state index in [0.29, 0.717) is 11.0 Å². The van der Waals surface area contributed by atoms with Crippen LogP contribution in [-0.4, -0.2) is 12.6 Å². The van der Waals surface area contributed by atoms with E-state index in [0.717, 1.165) is 0 Å². The minimum Gasteiger partial charge on any atom is -0.314 e. The van der Waals surface area contributed by atoms with Crippen molar-refractivity contribution in [3.8, 4) is 0 Å². The molecule has 3 fully saturated rings. The van der Waals surface area contributed by atoms with Gasteiger partial charge in [0.05, 0.1) is 0 Å². The van der Waals surface area contributed by atoms with Gasteiger partial charge in [-0.3, -0.25) is 0 Å². The Balaban J connectivity index is 1.89. The molecule has 1 N–H and O–H groups in total. The van der Waals surface area contributed by atoms with Crippen LogP contribution in [0.1, 0.15) is 44.1 Å². The smallest absolute Gasteiger partial charge is 0.0179 e. The maximum absolute atomic E-state index is 3.57. The fourth-order valence-electron chi connectivity index (χ4n) is 3.79. The van der Waals surface area contributed by atoms with Crippen LogP contribution in [0, 0.1) is 0 Å². The van der Waals surface area contributed by atoms with Gasteiger partial charge in [0.25, 0.3) is 0 Å². The first kappa shape index (κ1) is 10.3. The van der Waals surface area contributed by atoms with Crippen molar-refractivity contribution >= 4 is 0 Å². The molecule has 16 heavy (non-hydrogen) atoms. The van der Waals surface area contributed by atoms with Gasteiger partial charge in [0.1, 0.15) is 0 Å². The molecule has 0 saturated heterocycles. The van der Waals surface area contributed by atoms with Crippen LogP contribution in [0.4, 0.5) is 0 Å². The molecule has 3 saturated carbocycles. The number of benzene rings is 1. The zero-order valence-corrected chi connectivity index (χ0v) is 10.1. The molecule has 0 aliphatic heterocycles. The van der Waals surface area contributed by atoms with Gasteiger partial charge in [-0.2, -0.15) is 0 Å². The highest BCUT2D eigenvalue weighted by Gasteiger charge is 2.48. The third-order valence-electron chi connectivity index (χ3n) is 5.16. The van der Waals surface area contributed by atoms with Crippen molar-refractivity contribution in [2.24, 2.45) is 0 Å². The van der Waals surface area contributed by atoms with Gasteiger partial charge < -0.3 is 5.32 Å². The van der Waals surface area contributed by atoms with Gasteiger partial charge in [-0.05, 0) is 56.6 Å². The molecule has 0 radical (unpaired) electrons. The van der Waals surface area contributed by atoms with Gasteiger partial charge in [-0.15, -0.1) is 0 Å². The lowest BCUT2D eigenvalue weighted by molar-refractivity contribution is 0.0835. The van der Waals surface area contributed by atoms with Crippen molar-refractivity contribution in [1.82, 2.24) is 5.32 Å². The number of hydrogen-bond donors (Lipinski definition) is 1. The van der Waals surface area contributed by atoms with Crippen LogP contribution in [0.3, 0.4) is 0 Å². The third-order valence-corrected chi connectivity index (χ3v) is 5.16. The van der Waals surface area contributed by atoms with Crippen LogP contribution >= 0.6 is 0 Å². The van der Waals surface area contributed by atoms with Crippen molar-refractivity contribution < 1.29 is 0 Å². The Morgan fingerprint density at radius 1 is 0.875 bits per heavy atom. The minimum absolute atomic E-state index is 0.483. The molecule has 0 heterocycles. The van der Waals surface area contributed by atoms with Gasteiger partial charge in [-0.1, -0.05) is 30.3 Å². The molecule has 1 heteroatoms. The summed E-state index contributed by atoms with van der Waals surface area (Å²) in [4.78, 5) is 0. The van der Waals surface area contributed by atoms with E-state index in [9.17, 15) is 0 Å². The predicted molar refractivity (Wildman–Crippen MR) is 67.6 cm³/mol. The monoisotopic (exact) mass is 215 g/mol. The van der Waals surface area contributed by atoms with Gasteiger partial charge >= 0.3 is 0 Å². The van der Waals surface area contributed by atoms with Crippen LogP contribution in [0.15, 0.2) is 30.3 Å². The first-order valence-corrected chi connectivity index (χ1v) is 6.53. The molecule has 4 rings (SSSR count). The molecule has 0 unspecified atom stereocenters. The molecule has 1 nitrogen and oxygen atoms in total. The average Bonchev–Trinajstić information content (AvgIpc) is 2.42. The topological polar surface area (TPSA) is 12.0 Å². The van der Waals surface area contributed by atoms with Gasteiger partial charge in [0.2, 0.25) is 0 Å². The first-order valence-electron chi connectivity index (χ1n) is 6.53. The van der Waals surface area contributed by atoms with Crippen LogP contribution in [0.2, 0.25) is 0 Å². The Kier molecular flexibility index (Phi) is 2.32. The summed E-state index contributed by atoms with van der Waals surface area (Å²) in [5.74, 6) is 0. The lowest BCUT2D eigenvalue weighted by atomic mass is 9.55. The van der Waals surface area contributed by atoms with Crippen molar-refractivity contribution in [2.45, 2.75) is 49.5 Å². The molecule has 0 spiro atoms. The highest BCUT2D eigenvalue weighted by Crippen LogP contribution is 2.53. The maximum Gasteiger partial charge on any atom is 0.0179 e. The van der Waals surface area contributed by atoms with Crippen LogP contribution in [0.5, 0.6) is 0 Å². The average molecular weight is 215 g/mol. The molecule has 2 bridgehead atoms. The number of nitrogens with one attached hydrogen (secondary N) is 1. The summed E-state index contributed by atoms with van der Waals surface area (Å²) in [6, 6.07) is 11.2. The van der Waals surface area contributed by atoms with E-state index in [4.69, 9.17) is 0 Å². The molecule has 1 aromatic rings. The molecule has 86 valence electrons. The molecule has 0 amide bonds. The lowest BCUT2D eigenvalue weighted by Crippen LogP contribution is -2.54. The van der Waals surface area contributed by atoms with E-state index >= 15 is 0 Å². The van der Waals surface area contributed by atoms with Crippen LogP contribution < -0.4 is 5.32 Å². The predicted octanol–water partition coefficient (Wildman–Crippen LogP) is 3.25. The van der Waals surface area contributed by atoms with E-state index in [1.807, 2.05) is 0 Å². The lowest BCUT2D eigenvalue weighted by Gasteiger charge is -2.53. The summed E-state index contributed by atoms with van der Waals surface area (Å²) in [5.41, 5.74) is 2.58. The summed E-state index contributed by atoms with van der Waals surface area (Å²) < 4.78 is 0. The fourth-order valence-corrected chi connectivity index (χ4v) is 3.79. The summed E-state index contributed by atoms with van der Waals surface area (Å²) in [7, 11) is 2.14. The van der Waals surface area contributed by atoms with Gasteiger partial charge in [-0.25, -0.2) is 0 Å². The normalized spacial score (nSPS) is 37.6. The minimum atomic E-state index is 0.483. The fraction of sp³-hybridized carbons (Fsp3) is 0.600. The molecule has 0 atom stereocenters. The number of fused-ring (bicyclic) bond motifs is 3. The molecule has 3 aliphatic rings. The van der Waals surface area contributed by atoms with E-state index < -0.39 is 0 Å². The zero-order valence-electron chi connectivity index (χ0n) is 10.1. The van der Waals surface area contributed by atoms with Crippen molar-refractivity contribution in [3.05, 3.63) is 35.9 Å². The quantitative estimate of drug-likeness (QED) is 0.798. The van der Waals surface area contributed by atoms with E-state index in [1.54, 1.807) is 5.56 Å². The summed E-state index contributed by atoms with van der Waals surface area (Å²) in [5, 5.41) is 3.57. The van der Waals surface area contributed by atoms with Crippen LogP contribution in [0.25, 0.3) is 0 Å². The Labute approximate surface area is 98.3 Å². The Morgan fingerprint density at radius 2 is 1.44 bits per heavy atom. The first-order chi connectivity index (χ1) is 7.79. The molecular formula is C15H21N. The molecule has 3 aliphatic carbocycles. The largest absolute Gasteiger partial charge is 0.314 e. The van der Waals surface area contributed by atoms with Gasteiger partial charge in [0.15, 0.2) is 0 Å². The Bertz CT molecular complexity index is 344. The maximum atomic E-state index is 3.57. The standard InChI is InChI=1S/C15H21N/c1-16-15-10-7-14(8-11-15,9-12-15)13-5-3-2-4-6-13/h2-6,16H,7-12H2,1H3. The molecule has 0 aromatic heterocycles. The summed E-state index contributed by atoms with van der Waals surface area (Å²) in [6.07, 6.45) is 8.20. The number of rotatable bonds is 2. The third kappa shape index (κ3) is 1.41. The molecule has 1 aromatic carbocycles. The Hall–Kier alpha value is -0.820.